The van der Waals surface area contributed by atoms with E-state index in [1.54, 1.807) is 30.5 Å². The number of hydrogen-bond donors (Lipinski definition) is 2. The Morgan fingerprint density at radius 1 is 0.869 bits per heavy atom. The fourth-order valence-corrected chi connectivity index (χ4v) is 8.10. The summed E-state index contributed by atoms with van der Waals surface area (Å²) in [5.74, 6) is -0.342. The van der Waals surface area contributed by atoms with Gasteiger partial charge in [-0.05, 0) is 119 Å². The highest BCUT2D eigenvalue weighted by atomic mass is 35.5. The summed E-state index contributed by atoms with van der Waals surface area (Å²) in [6.45, 7) is 6.50. The first-order chi connectivity index (χ1) is 29.4. The Morgan fingerprint density at radius 3 is 2.34 bits per heavy atom. The number of carbonyl (C=O) groups is 3. The first-order valence-corrected chi connectivity index (χ1v) is 20.7. The molecule has 0 radical (unpaired) electrons. The molecule has 6 aromatic rings. The second kappa shape index (κ2) is 17.7. The SMILES string of the molecule is Cc1ccccc1C(=O)N1Cc2cc3c(cc2C[C@H]1C(=O)N[C@@H](Cc1ccc(-c2ccnc(C)c2C)cc1)C(=O)O)OC[C@H](c1ccc(OCc2ccc(Cl)c(Cl)c2)cc1)O3. The van der Waals surface area contributed by atoms with Gasteiger partial charge in [0.2, 0.25) is 5.91 Å². The number of hydrogen-bond acceptors (Lipinski definition) is 7. The van der Waals surface area contributed by atoms with Crippen molar-refractivity contribution in [2.75, 3.05) is 6.61 Å². The number of fused-ring (bicyclic) bond motifs is 2. The van der Waals surface area contributed by atoms with E-state index in [4.69, 9.17) is 37.4 Å². The molecule has 310 valence electrons. The molecule has 0 unspecified atom stereocenters. The number of aryl methyl sites for hydroxylation is 2. The maximum atomic E-state index is 14.3. The Balaban J connectivity index is 0.993. The van der Waals surface area contributed by atoms with E-state index < -0.39 is 30.1 Å². The fraction of sp³-hybridized carbons (Fsp3) is 0.224. The van der Waals surface area contributed by atoms with Crippen LogP contribution < -0.4 is 19.5 Å². The Hall–Kier alpha value is -6.36. The third-order valence-corrected chi connectivity index (χ3v) is 12.2. The lowest BCUT2D eigenvalue weighted by molar-refractivity contribution is -0.142. The Bertz CT molecular complexity index is 2630. The molecule has 0 saturated carbocycles. The van der Waals surface area contributed by atoms with Gasteiger partial charge in [-0.15, -0.1) is 0 Å². The highest BCUT2D eigenvalue weighted by Crippen LogP contribution is 2.41. The molecule has 2 amide bonds. The number of rotatable bonds is 11. The van der Waals surface area contributed by atoms with Crippen molar-refractivity contribution in [3.63, 3.8) is 0 Å². The molecule has 3 heterocycles. The van der Waals surface area contributed by atoms with Crippen molar-refractivity contribution in [1.82, 2.24) is 15.2 Å². The van der Waals surface area contributed by atoms with Gasteiger partial charge < -0.3 is 29.5 Å². The number of amides is 2. The number of halogens is 2. The zero-order valence-corrected chi connectivity index (χ0v) is 35.3. The number of aliphatic carboxylic acids is 1. The number of carboxylic acid groups (broad SMARTS) is 1. The Kier molecular flexibility index (Phi) is 12.0. The van der Waals surface area contributed by atoms with Crippen LogP contribution in [0.2, 0.25) is 10.0 Å². The maximum Gasteiger partial charge on any atom is 0.326 e. The van der Waals surface area contributed by atoms with Crippen molar-refractivity contribution in [3.8, 4) is 28.4 Å². The molecule has 2 N–H and O–H groups in total. The number of pyridine rings is 1. The lowest BCUT2D eigenvalue weighted by Gasteiger charge is -2.38. The van der Waals surface area contributed by atoms with Gasteiger partial charge in [0.1, 0.15) is 31.0 Å². The van der Waals surface area contributed by atoms with Gasteiger partial charge in [0.05, 0.1) is 10.0 Å². The topological polar surface area (TPSA) is 127 Å². The normalized spacial score (nSPS) is 16.0. The molecule has 8 rings (SSSR count). The van der Waals surface area contributed by atoms with E-state index >= 15 is 0 Å². The zero-order valence-electron chi connectivity index (χ0n) is 33.8. The average molecular weight is 857 g/mol. The van der Waals surface area contributed by atoms with E-state index in [1.807, 2.05) is 106 Å². The van der Waals surface area contributed by atoms with Crippen LogP contribution in [-0.4, -0.2) is 51.5 Å². The van der Waals surface area contributed by atoms with Gasteiger partial charge in [-0.2, -0.15) is 0 Å². The molecular weight excluding hydrogens is 813 g/mol. The first kappa shape index (κ1) is 41.4. The lowest BCUT2D eigenvalue weighted by atomic mass is 9.91. The Morgan fingerprint density at radius 2 is 1.61 bits per heavy atom. The second-order valence-corrected chi connectivity index (χ2v) is 16.2. The summed E-state index contributed by atoms with van der Waals surface area (Å²) < 4.78 is 18.7. The summed E-state index contributed by atoms with van der Waals surface area (Å²) in [6, 6.07) is 31.3. The maximum absolute atomic E-state index is 14.3. The van der Waals surface area contributed by atoms with E-state index in [0.29, 0.717) is 39.5 Å². The summed E-state index contributed by atoms with van der Waals surface area (Å²) in [7, 11) is 0. The van der Waals surface area contributed by atoms with Crippen LogP contribution in [0.5, 0.6) is 17.2 Å². The van der Waals surface area contributed by atoms with Crippen molar-refractivity contribution in [2.45, 2.75) is 65.0 Å². The molecule has 2 aliphatic rings. The highest BCUT2D eigenvalue weighted by Gasteiger charge is 2.38. The molecule has 0 fully saturated rings. The van der Waals surface area contributed by atoms with Crippen LogP contribution in [-0.2, 0) is 35.6 Å². The van der Waals surface area contributed by atoms with Crippen LogP contribution in [0.1, 0.15) is 61.1 Å². The molecule has 1 aromatic heterocycles. The molecule has 0 spiro atoms. The standard InChI is InChI=1S/C49H43Cl2N3O7/c1-28-6-4-5-7-38(28)48(56)54-25-36-24-45-44(60-27-46(61-45)34-13-15-37(16-14-34)59-26-32-10-17-40(50)41(51)20-32)23-35(36)22-43(54)47(55)53-42(49(57)58)21-31-8-11-33(12-9-31)39-18-19-52-30(3)29(39)2/h4-20,23-24,42-43,46H,21-22,25-27H2,1-3H3,(H,53,55)(H,57,58)/t42-,43-,46+/m0/s1. The van der Waals surface area contributed by atoms with Crippen LogP contribution >= 0.6 is 23.2 Å². The van der Waals surface area contributed by atoms with Gasteiger partial charge in [0.25, 0.3) is 5.91 Å². The van der Waals surface area contributed by atoms with Crippen molar-refractivity contribution in [1.29, 1.82) is 0 Å². The lowest BCUT2D eigenvalue weighted by Crippen LogP contribution is -2.56. The summed E-state index contributed by atoms with van der Waals surface area (Å²) >= 11 is 12.2. The largest absolute Gasteiger partial charge is 0.489 e. The number of benzene rings is 5. The predicted molar refractivity (Wildman–Crippen MR) is 234 cm³/mol. The van der Waals surface area contributed by atoms with Crippen LogP contribution in [0, 0.1) is 20.8 Å². The van der Waals surface area contributed by atoms with Crippen molar-refractivity contribution in [3.05, 3.63) is 176 Å². The van der Waals surface area contributed by atoms with Gasteiger partial charge in [0.15, 0.2) is 17.6 Å². The van der Waals surface area contributed by atoms with Crippen LogP contribution in [0.25, 0.3) is 11.1 Å². The van der Waals surface area contributed by atoms with Gasteiger partial charge in [-0.25, -0.2) is 4.79 Å². The van der Waals surface area contributed by atoms with Crippen LogP contribution in [0.3, 0.4) is 0 Å². The minimum atomic E-state index is -1.24. The number of ether oxygens (including phenoxy) is 3. The summed E-state index contributed by atoms with van der Waals surface area (Å²) in [6.07, 6.45) is 1.56. The fourth-order valence-electron chi connectivity index (χ4n) is 7.78. The van der Waals surface area contributed by atoms with Crippen molar-refractivity contribution >= 4 is 41.0 Å². The zero-order chi connectivity index (χ0) is 42.8. The van der Waals surface area contributed by atoms with Gasteiger partial charge in [-0.1, -0.05) is 83.9 Å². The van der Waals surface area contributed by atoms with Crippen LogP contribution in [0.15, 0.2) is 115 Å². The molecular formula is C49H43Cl2N3O7. The molecule has 0 saturated heterocycles. The molecule has 2 aliphatic heterocycles. The summed E-state index contributed by atoms with van der Waals surface area (Å²) in [5.41, 5.74) is 9.39. The Labute approximate surface area is 364 Å². The third-order valence-electron chi connectivity index (χ3n) is 11.4. The van der Waals surface area contributed by atoms with Crippen LogP contribution in [0.4, 0.5) is 0 Å². The molecule has 5 aromatic carbocycles. The number of aromatic nitrogens is 1. The molecule has 12 heteroatoms. The molecule has 10 nitrogen and oxygen atoms in total. The van der Waals surface area contributed by atoms with Crippen molar-refractivity contribution in [2.24, 2.45) is 0 Å². The first-order valence-electron chi connectivity index (χ1n) is 19.9. The molecule has 61 heavy (non-hydrogen) atoms. The number of nitrogens with one attached hydrogen (secondary N) is 1. The van der Waals surface area contributed by atoms with E-state index in [-0.39, 0.29) is 31.9 Å². The highest BCUT2D eigenvalue weighted by molar-refractivity contribution is 6.42. The number of nitrogens with zero attached hydrogens (tertiary/aromatic N) is 2. The van der Waals surface area contributed by atoms with E-state index in [1.165, 1.54) is 4.90 Å². The van der Waals surface area contributed by atoms with E-state index in [2.05, 4.69) is 10.3 Å². The minimum absolute atomic E-state index is 0.0547. The van der Waals surface area contributed by atoms with Crippen molar-refractivity contribution < 1.29 is 33.7 Å². The predicted octanol–water partition coefficient (Wildman–Crippen LogP) is 9.45. The number of carboxylic acids is 1. The average Bonchev–Trinajstić information content (AvgIpc) is 3.26. The van der Waals surface area contributed by atoms with Gasteiger partial charge in [0, 0.05) is 36.8 Å². The molecule has 0 bridgehead atoms. The molecule has 0 aliphatic carbocycles. The second-order valence-electron chi connectivity index (χ2n) is 15.4. The number of carbonyl (C=O) groups excluding carboxylic acids is 2. The van der Waals surface area contributed by atoms with Gasteiger partial charge >= 0.3 is 5.97 Å². The molecule has 3 atom stereocenters. The smallest absolute Gasteiger partial charge is 0.326 e. The monoisotopic (exact) mass is 855 g/mol. The minimum Gasteiger partial charge on any atom is -0.489 e. The van der Waals surface area contributed by atoms with E-state index in [9.17, 15) is 19.5 Å². The summed E-state index contributed by atoms with van der Waals surface area (Å²) in [5, 5.41) is 14.0. The summed E-state index contributed by atoms with van der Waals surface area (Å²) in [4.78, 5) is 47.1. The van der Waals surface area contributed by atoms with Gasteiger partial charge in [-0.3, -0.25) is 14.6 Å². The quantitative estimate of drug-likeness (QED) is 0.132. The third kappa shape index (κ3) is 9.06. The van der Waals surface area contributed by atoms with E-state index in [0.717, 1.165) is 55.8 Å².